The van der Waals surface area contributed by atoms with Crippen molar-refractivity contribution in [3.63, 3.8) is 0 Å². The normalized spacial score (nSPS) is 15.6. The number of halogens is 3. The number of likely N-dealkylation sites (tertiary alicyclic amines) is 1. The first-order valence-electron chi connectivity index (χ1n) is 11.3. The second kappa shape index (κ2) is 11.2. The lowest BCUT2D eigenvalue weighted by Gasteiger charge is -2.32. The van der Waals surface area contributed by atoms with Crippen LogP contribution in [0, 0.1) is 23.4 Å². The average molecular weight is 470 g/mol. The number of ether oxygens (including phenoxy) is 1. The van der Waals surface area contributed by atoms with Gasteiger partial charge in [0.1, 0.15) is 18.2 Å². The minimum absolute atomic E-state index is 0.0716. The summed E-state index contributed by atoms with van der Waals surface area (Å²) in [6.07, 6.45) is 2.99. The highest BCUT2D eigenvalue weighted by atomic mass is 19.1. The van der Waals surface area contributed by atoms with Gasteiger partial charge in [-0.25, -0.2) is 13.2 Å². The number of piperidine rings is 1. The molecule has 4 rings (SSSR count). The van der Waals surface area contributed by atoms with E-state index in [0.717, 1.165) is 23.8 Å². The molecule has 5 nitrogen and oxygen atoms in total. The van der Waals surface area contributed by atoms with E-state index in [1.165, 1.54) is 12.1 Å². The van der Waals surface area contributed by atoms with Crippen molar-refractivity contribution < 1.29 is 22.7 Å². The second-order valence-electron chi connectivity index (χ2n) is 8.29. The van der Waals surface area contributed by atoms with Gasteiger partial charge < -0.3 is 10.1 Å². The number of nitrogens with one attached hydrogen (secondary N) is 1. The summed E-state index contributed by atoms with van der Waals surface area (Å²) in [4.78, 5) is 19.6. The van der Waals surface area contributed by atoms with E-state index in [9.17, 15) is 18.0 Å². The Balaban J connectivity index is 1.30. The SMILES string of the molecule is O=C(N[C@H](c1ccc(F)cc1)c1ccccn1)C1CCN(CCOc2cc(F)ccc2F)CC1. The molecule has 0 bridgehead atoms. The van der Waals surface area contributed by atoms with Crippen molar-refractivity contribution in [1.29, 1.82) is 0 Å². The molecule has 34 heavy (non-hydrogen) atoms. The third-order valence-electron chi connectivity index (χ3n) is 5.99. The van der Waals surface area contributed by atoms with Gasteiger partial charge in [0.25, 0.3) is 0 Å². The summed E-state index contributed by atoms with van der Waals surface area (Å²) in [7, 11) is 0. The van der Waals surface area contributed by atoms with E-state index in [1.54, 1.807) is 24.4 Å². The number of hydrogen-bond acceptors (Lipinski definition) is 4. The van der Waals surface area contributed by atoms with Crippen LogP contribution in [0.25, 0.3) is 0 Å². The molecule has 1 amide bonds. The number of carbonyl (C=O) groups is 1. The van der Waals surface area contributed by atoms with Gasteiger partial charge in [0.05, 0.1) is 11.7 Å². The molecule has 3 aromatic rings. The summed E-state index contributed by atoms with van der Waals surface area (Å²) >= 11 is 0. The van der Waals surface area contributed by atoms with Crippen LogP contribution >= 0.6 is 0 Å². The maximum absolute atomic E-state index is 13.7. The highest BCUT2D eigenvalue weighted by Crippen LogP contribution is 2.24. The largest absolute Gasteiger partial charge is 0.489 e. The van der Waals surface area contributed by atoms with Crippen LogP contribution in [0.2, 0.25) is 0 Å². The highest BCUT2D eigenvalue weighted by molar-refractivity contribution is 5.79. The van der Waals surface area contributed by atoms with Gasteiger partial charge in [-0.2, -0.15) is 0 Å². The molecule has 2 aromatic carbocycles. The number of benzene rings is 2. The fourth-order valence-corrected chi connectivity index (χ4v) is 4.08. The first-order valence-corrected chi connectivity index (χ1v) is 11.3. The van der Waals surface area contributed by atoms with Gasteiger partial charge in [0.2, 0.25) is 5.91 Å². The zero-order valence-corrected chi connectivity index (χ0v) is 18.6. The maximum Gasteiger partial charge on any atom is 0.224 e. The topological polar surface area (TPSA) is 54.5 Å². The van der Waals surface area contributed by atoms with Gasteiger partial charge in [-0.05, 0) is 67.9 Å². The van der Waals surface area contributed by atoms with E-state index in [4.69, 9.17) is 4.74 Å². The molecule has 2 heterocycles. The smallest absolute Gasteiger partial charge is 0.224 e. The lowest BCUT2D eigenvalue weighted by Crippen LogP contribution is -2.43. The number of carbonyl (C=O) groups excluding carboxylic acids is 1. The Labute approximate surface area is 196 Å². The number of aromatic nitrogens is 1. The average Bonchev–Trinajstić information content (AvgIpc) is 2.86. The summed E-state index contributed by atoms with van der Waals surface area (Å²) < 4.78 is 45.7. The minimum atomic E-state index is -0.597. The lowest BCUT2D eigenvalue weighted by atomic mass is 9.94. The molecule has 8 heteroatoms. The highest BCUT2D eigenvalue weighted by Gasteiger charge is 2.28. The molecule has 0 saturated carbocycles. The van der Waals surface area contributed by atoms with Crippen molar-refractivity contribution in [2.75, 3.05) is 26.2 Å². The van der Waals surface area contributed by atoms with Gasteiger partial charge in [-0.3, -0.25) is 14.7 Å². The van der Waals surface area contributed by atoms with Crippen LogP contribution in [0.3, 0.4) is 0 Å². The Morgan fingerprint density at radius 2 is 1.76 bits per heavy atom. The van der Waals surface area contributed by atoms with Crippen molar-refractivity contribution >= 4 is 5.91 Å². The zero-order valence-electron chi connectivity index (χ0n) is 18.6. The fraction of sp³-hybridized carbons (Fsp3) is 0.308. The van der Waals surface area contributed by atoms with Crippen LogP contribution in [0.5, 0.6) is 5.75 Å². The van der Waals surface area contributed by atoms with E-state index < -0.39 is 17.7 Å². The van der Waals surface area contributed by atoms with Gasteiger partial charge in [-0.1, -0.05) is 18.2 Å². The Morgan fingerprint density at radius 3 is 2.47 bits per heavy atom. The molecule has 1 aliphatic heterocycles. The second-order valence-corrected chi connectivity index (χ2v) is 8.29. The monoisotopic (exact) mass is 469 g/mol. The molecule has 1 N–H and O–H groups in total. The minimum Gasteiger partial charge on any atom is -0.489 e. The lowest BCUT2D eigenvalue weighted by molar-refractivity contribution is -0.127. The zero-order chi connectivity index (χ0) is 23.9. The molecule has 0 unspecified atom stereocenters. The Morgan fingerprint density at radius 1 is 1.03 bits per heavy atom. The fourth-order valence-electron chi connectivity index (χ4n) is 4.08. The summed E-state index contributed by atoms with van der Waals surface area (Å²) in [6, 6.07) is 14.2. The van der Waals surface area contributed by atoms with Crippen LogP contribution in [0.4, 0.5) is 13.2 Å². The third kappa shape index (κ3) is 6.14. The quantitative estimate of drug-likeness (QED) is 0.528. The van der Waals surface area contributed by atoms with Crippen molar-refractivity contribution in [3.8, 4) is 5.75 Å². The molecule has 1 aliphatic rings. The van der Waals surface area contributed by atoms with E-state index in [-0.39, 0.29) is 30.0 Å². The molecule has 1 fully saturated rings. The van der Waals surface area contributed by atoms with E-state index >= 15 is 0 Å². The number of pyridine rings is 1. The molecule has 0 aliphatic carbocycles. The molecule has 1 aromatic heterocycles. The Bertz CT molecular complexity index is 1090. The van der Waals surface area contributed by atoms with Crippen molar-refractivity contribution in [2.24, 2.45) is 5.92 Å². The summed E-state index contributed by atoms with van der Waals surface area (Å²) in [5.74, 6) is -1.82. The third-order valence-corrected chi connectivity index (χ3v) is 5.99. The van der Waals surface area contributed by atoms with Crippen LogP contribution in [-0.4, -0.2) is 42.0 Å². The predicted octanol–water partition coefficient (Wildman–Crippen LogP) is 4.50. The van der Waals surface area contributed by atoms with Crippen molar-refractivity contribution in [3.05, 3.63) is 95.6 Å². The molecule has 1 saturated heterocycles. The first-order chi connectivity index (χ1) is 16.5. The van der Waals surface area contributed by atoms with Gasteiger partial charge in [-0.15, -0.1) is 0 Å². The number of rotatable bonds is 8. The van der Waals surface area contributed by atoms with Gasteiger partial charge in [0.15, 0.2) is 11.6 Å². The first kappa shape index (κ1) is 23.8. The van der Waals surface area contributed by atoms with Crippen LogP contribution in [-0.2, 0) is 4.79 Å². The number of hydrogen-bond donors (Lipinski definition) is 1. The van der Waals surface area contributed by atoms with E-state index in [1.807, 2.05) is 12.1 Å². The molecule has 1 atom stereocenters. The molecule has 178 valence electrons. The Hall–Kier alpha value is -3.39. The Kier molecular flexibility index (Phi) is 7.80. The van der Waals surface area contributed by atoms with Crippen molar-refractivity contribution in [1.82, 2.24) is 15.2 Å². The molecular formula is C26H26F3N3O2. The van der Waals surface area contributed by atoms with Crippen LogP contribution in [0.1, 0.15) is 30.1 Å². The number of nitrogens with zero attached hydrogens (tertiary/aromatic N) is 2. The summed E-state index contributed by atoms with van der Waals surface area (Å²) in [6.45, 7) is 2.16. The number of amides is 1. The van der Waals surface area contributed by atoms with E-state index in [2.05, 4.69) is 15.2 Å². The summed E-state index contributed by atoms with van der Waals surface area (Å²) in [5.41, 5.74) is 1.44. The molecule has 0 spiro atoms. The van der Waals surface area contributed by atoms with Crippen LogP contribution < -0.4 is 10.1 Å². The standard InChI is InChI=1S/C26H26F3N3O2/c27-20-6-4-18(5-7-20)25(23-3-1-2-12-30-23)31-26(33)19-10-13-32(14-11-19)15-16-34-24-17-21(28)8-9-22(24)29/h1-9,12,17,19,25H,10-11,13-16H2,(H,31,33)/t25-/m1/s1. The molecule has 0 radical (unpaired) electrons. The van der Waals surface area contributed by atoms with E-state index in [0.29, 0.717) is 38.2 Å². The predicted molar refractivity (Wildman–Crippen MR) is 122 cm³/mol. The maximum atomic E-state index is 13.7. The van der Waals surface area contributed by atoms with Crippen molar-refractivity contribution in [2.45, 2.75) is 18.9 Å². The molecular weight excluding hydrogens is 443 g/mol. The van der Waals surface area contributed by atoms with Gasteiger partial charge >= 0.3 is 0 Å². The van der Waals surface area contributed by atoms with Gasteiger partial charge in [0, 0.05) is 24.7 Å². The van der Waals surface area contributed by atoms with Crippen LogP contribution in [0.15, 0.2) is 66.9 Å². The summed E-state index contributed by atoms with van der Waals surface area (Å²) in [5, 5.41) is 3.09.